The highest BCUT2D eigenvalue weighted by atomic mass is 32.1. The Morgan fingerprint density at radius 1 is 1.62 bits per heavy atom. The van der Waals surface area contributed by atoms with Crippen molar-refractivity contribution in [2.75, 3.05) is 12.8 Å². The largest absolute Gasteiger partial charge is 0.467 e. The van der Waals surface area contributed by atoms with E-state index < -0.39 is 0 Å². The van der Waals surface area contributed by atoms with Gasteiger partial charge in [-0.15, -0.1) is 0 Å². The van der Waals surface area contributed by atoms with Gasteiger partial charge in [0.1, 0.15) is 5.76 Å². The van der Waals surface area contributed by atoms with Gasteiger partial charge in [0.2, 0.25) is 5.91 Å². The number of hydrogen-bond donors (Lipinski definition) is 1. The van der Waals surface area contributed by atoms with Gasteiger partial charge in [0.15, 0.2) is 0 Å². The molecule has 0 aliphatic heterocycles. The highest BCUT2D eigenvalue weighted by molar-refractivity contribution is 7.80. The van der Waals surface area contributed by atoms with Crippen LogP contribution >= 0.6 is 12.6 Å². The molecule has 1 aromatic rings. The molecule has 0 N–H and O–H groups in total. The number of hydrogen-bond acceptors (Lipinski definition) is 3. The van der Waals surface area contributed by atoms with Crippen molar-refractivity contribution < 1.29 is 9.21 Å². The quantitative estimate of drug-likeness (QED) is 0.800. The molecule has 0 bridgehead atoms. The monoisotopic (exact) mass is 239 g/mol. The predicted octanol–water partition coefficient (Wildman–Crippen LogP) is 2.34. The average molecular weight is 239 g/mol. The zero-order valence-corrected chi connectivity index (χ0v) is 10.4. The lowest BCUT2D eigenvalue weighted by atomic mass is 10.0. The smallest absolute Gasteiger partial charge is 0.223 e. The van der Waals surface area contributed by atoms with Gasteiger partial charge in [-0.2, -0.15) is 12.6 Å². The van der Waals surface area contributed by atoms with Gasteiger partial charge in [-0.3, -0.25) is 4.79 Å². The minimum absolute atomic E-state index is 0.183. The van der Waals surface area contributed by atoms with E-state index in [9.17, 15) is 4.79 Å². The Morgan fingerprint density at radius 2 is 2.38 bits per heavy atom. The summed E-state index contributed by atoms with van der Waals surface area (Å²) in [5.74, 6) is 1.82. The molecule has 0 atom stereocenters. The minimum atomic E-state index is 0.183. The lowest BCUT2D eigenvalue weighted by molar-refractivity contribution is -0.131. The van der Waals surface area contributed by atoms with Crippen LogP contribution < -0.4 is 0 Å². The van der Waals surface area contributed by atoms with Crippen molar-refractivity contribution in [1.29, 1.82) is 0 Å². The van der Waals surface area contributed by atoms with E-state index in [0.717, 1.165) is 24.4 Å². The van der Waals surface area contributed by atoms with Crippen LogP contribution in [0.25, 0.3) is 0 Å². The van der Waals surface area contributed by atoms with Gasteiger partial charge in [-0.05, 0) is 36.1 Å². The molecule has 2 rings (SSSR count). The normalized spacial score (nSPS) is 17.1. The third-order valence-electron chi connectivity index (χ3n) is 3.22. The van der Waals surface area contributed by atoms with Crippen LogP contribution in [0.2, 0.25) is 0 Å². The fourth-order valence-electron chi connectivity index (χ4n) is 1.75. The third-order valence-corrected chi connectivity index (χ3v) is 3.89. The lowest BCUT2D eigenvalue weighted by Gasteiger charge is -2.19. The number of carbonyl (C=O) groups is 1. The van der Waals surface area contributed by atoms with Gasteiger partial charge < -0.3 is 9.32 Å². The Morgan fingerprint density at radius 3 is 2.88 bits per heavy atom. The highest BCUT2D eigenvalue weighted by Gasteiger charge is 2.43. The number of carbonyl (C=O) groups excluding carboxylic acids is 1. The van der Waals surface area contributed by atoms with Crippen LogP contribution in [0.1, 0.15) is 25.0 Å². The first kappa shape index (κ1) is 11.6. The van der Waals surface area contributed by atoms with E-state index in [4.69, 9.17) is 4.42 Å². The summed E-state index contributed by atoms with van der Waals surface area (Å²) >= 11 is 4.31. The van der Waals surface area contributed by atoms with Crippen molar-refractivity contribution in [3.05, 3.63) is 24.2 Å². The average Bonchev–Trinajstić information content (AvgIpc) is 2.85. The molecular weight excluding hydrogens is 222 g/mol. The van der Waals surface area contributed by atoms with Crippen LogP contribution in [-0.2, 0) is 11.3 Å². The summed E-state index contributed by atoms with van der Waals surface area (Å²) in [4.78, 5) is 13.7. The first-order chi connectivity index (χ1) is 7.65. The Kier molecular flexibility index (Phi) is 3.28. The molecule has 1 saturated carbocycles. The van der Waals surface area contributed by atoms with Gasteiger partial charge in [0, 0.05) is 13.5 Å². The summed E-state index contributed by atoms with van der Waals surface area (Å²) in [5, 5.41) is 0. The summed E-state index contributed by atoms with van der Waals surface area (Å²) in [6.45, 7) is 0.550. The Bertz CT molecular complexity index is 357. The molecule has 0 saturated heterocycles. The molecule has 1 heterocycles. The minimum Gasteiger partial charge on any atom is -0.467 e. The zero-order chi connectivity index (χ0) is 11.6. The van der Waals surface area contributed by atoms with Gasteiger partial charge in [-0.1, -0.05) is 0 Å². The van der Waals surface area contributed by atoms with Crippen molar-refractivity contribution in [2.24, 2.45) is 5.41 Å². The number of thiol groups is 1. The molecule has 0 unspecified atom stereocenters. The number of amides is 1. The first-order valence-corrected chi connectivity index (χ1v) is 6.16. The molecule has 1 aromatic heterocycles. The van der Waals surface area contributed by atoms with Crippen LogP contribution in [0, 0.1) is 5.41 Å². The maximum atomic E-state index is 11.9. The van der Waals surface area contributed by atoms with E-state index in [1.54, 1.807) is 11.2 Å². The Hall–Kier alpha value is -0.900. The van der Waals surface area contributed by atoms with Gasteiger partial charge in [0.25, 0.3) is 0 Å². The topological polar surface area (TPSA) is 33.5 Å². The first-order valence-electron chi connectivity index (χ1n) is 5.52. The van der Waals surface area contributed by atoms with Crippen LogP contribution in [0.4, 0.5) is 0 Å². The third kappa shape index (κ3) is 2.61. The van der Waals surface area contributed by atoms with Gasteiger partial charge >= 0.3 is 0 Å². The van der Waals surface area contributed by atoms with E-state index in [2.05, 4.69) is 12.6 Å². The number of furan rings is 1. The maximum absolute atomic E-state index is 11.9. The second-order valence-electron chi connectivity index (χ2n) is 4.66. The van der Waals surface area contributed by atoms with Gasteiger partial charge in [0.05, 0.1) is 12.8 Å². The number of nitrogens with zero attached hydrogens (tertiary/aromatic N) is 1. The molecule has 0 radical (unpaired) electrons. The van der Waals surface area contributed by atoms with Crippen molar-refractivity contribution in [1.82, 2.24) is 4.90 Å². The zero-order valence-electron chi connectivity index (χ0n) is 9.48. The Labute approximate surface area is 101 Å². The summed E-state index contributed by atoms with van der Waals surface area (Å²) in [5.41, 5.74) is 0.192. The standard InChI is InChI=1S/C12H17NO2S/c1-13(8-10-3-2-6-15-10)11(14)7-12(9-16)4-5-12/h2-3,6,16H,4-5,7-9H2,1H3. The van der Waals surface area contributed by atoms with E-state index in [1.165, 1.54) is 0 Å². The van der Waals surface area contributed by atoms with E-state index in [1.807, 2.05) is 19.2 Å². The van der Waals surface area contributed by atoms with Gasteiger partial charge in [-0.25, -0.2) is 0 Å². The van der Waals surface area contributed by atoms with E-state index in [0.29, 0.717) is 13.0 Å². The molecule has 1 aliphatic rings. The summed E-state index contributed by atoms with van der Waals surface area (Å²) < 4.78 is 5.22. The molecule has 1 fully saturated rings. The van der Waals surface area contributed by atoms with Crippen LogP contribution in [-0.4, -0.2) is 23.6 Å². The highest BCUT2D eigenvalue weighted by Crippen LogP contribution is 2.49. The van der Waals surface area contributed by atoms with Crippen molar-refractivity contribution in [2.45, 2.75) is 25.8 Å². The van der Waals surface area contributed by atoms with Crippen LogP contribution in [0.3, 0.4) is 0 Å². The predicted molar refractivity (Wildman–Crippen MR) is 65.3 cm³/mol. The molecule has 1 aliphatic carbocycles. The molecule has 0 spiro atoms. The molecule has 1 amide bonds. The fourth-order valence-corrected chi connectivity index (χ4v) is 2.18. The maximum Gasteiger partial charge on any atom is 0.223 e. The molecule has 0 aromatic carbocycles. The number of rotatable bonds is 5. The van der Waals surface area contributed by atoms with Crippen molar-refractivity contribution >= 4 is 18.5 Å². The van der Waals surface area contributed by atoms with Crippen LogP contribution in [0.15, 0.2) is 22.8 Å². The van der Waals surface area contributed by atoms with Crippen molar-refractivity contribution in [3.8, 4) is 0 Å². The molecule has 4 heteroatoms. The molecule has 3 nitrogen and oxygen atoms in total. The summed E-state index contributed by atoms with van der Waals surface area (Å²) in [6, 6.07) is 3.72. The lowest BCUT2D eigenvalue weighted by Crippen LogP contribution is -2.28. The fraction of sp³-hybridized carbons (Fsp3) is 0.583. The summed E-state index contributed by atoms with van der Waals surface area (Å²) in [6.07, 6.45) is 4.52. The second-order valence-corrected chi connectivity index (χ2v) is 4.98. The van der Waals surface area contributed by atoms with Crippen molar-refractivity contribution in [3.63, 3.8) is 0 Å². The molecular formula is C12H17NO2S. The van der Waals surface area contributed by atoms with E-state index >= 15 is 0 Å². The van der Waals surface area contributed by atoms with Crippen LogP contribution in [0.5, 0.6) is 0 Å². The van der Waals surface area contributed by atoms with E-state index in [-0.39, 0.29) is 11.3 Å². The Balaban J connectivity index is 1.85. The molecule has 88 valence electrons. The second kappa shape index (κ2) is 4.53. The SMILES string of the molecule is CN(Cc1ccco1)C(=O)CC1(CS)CC1. The molecule has 16 heavy (non-hydrogen) atoms. The summed E-state index contributed by atoms with van der Waals surface area (Å²) in [7, 11) is 1.82.